The number of carboxylic acid groups (broad SMARTS) is 1. The Labute approximate surface area is 134 Å². The van der Waals surface area contributed by atoms with Crippen LogP contribution in [-0.2, 0) is 0 Å². The highest BCUT2D eigenvalue weighted by atomic mass is 16.4. The molecule has 1 fully saturated rings. The summed E-state index contributed by atoms with van der Waals surface area (Å²) >= 11 is 0. The van der Waals surface area contributed by atoms with Crippen LogP contribution in [0.4, 0.5) is 11.5 Å². The smallest absolute Gasteiger partial charge is 0.356 e. The molecule has 1 saturated carbocycles. The van der Waals surface area contributed by atoms with E-state index in [-0.39, 0.29) is 11.4 Å². The maximum absolute atomic E-state index is 11.5. The van der Waals surface area contributed by atoms with Crippen LogP contribution in [0, 0.1) is 6.92 Å². The van der Waals surface area contributed by atoms with Crippen molar-refractivity contribution >= 4 is 17.5 Å². The van der Waals surface area contributed by atoms with Gasteiger partial charge in [0.15, 0.2) is 17.3 Å². The molecule has 1 aromatic carbocycles. The molecular formula is C17H20N4O2. The summed E-state index contributed by atoms with van der Waals surface area (Å²) in [7, 11) is 0. The van der Waals surface area contributed by atoms with Gasteiger partial charge in [0.25, 0.3) is 0 Å². The molecule has 0 spiro atoms. The van der Waals surface area contributed by atoms with Crippen LogP contribution in [0.3, 0.4) is 0 Å². The van der Waals surface area contributed by atoms with E-state index in [1.807, 2.05) is 31.2 Å². The summed E-state index contributed by atoms with van der Waals surface area (Å²) in [4.78, 5) is 20.1. The minimum Gasteiger partial charge on any atom is -0.476 e. The first-order valence-electron chi connectivity index (χ1n) is 7.79. The molecule has 0 saturated heterocycles. The molecule has 0 aliphatic heterocycles. The maximum Gasteiger partial charge on any atom is 0.356 e. The van der Waals surface area contributed by atoms with Crippen molar-refractivity contribution in [3.63, 3.8) is 0 Å². The zero-order chi connectivity index (χ0) is 16.4. The molecule has 4 N–H and O–H groups in total. The summed E-state index contributed by atoms with van der Waals surface area (Å²) in [5.41, 5.74) is 7.79. The molecule has 6 heteroatoms. The number of anilines is 2. The van der Waals surface area contributed by atoms with Crippen LogP contribution < -0.4 is 11.1 Å². The van der Waals surface area contributed by atoms with Crippen LogP contribution >= 0.6 is 0 Å². The molecule has 1 aromatic heterocycles. The summed E-state index contributed by atoms with van der Waals surface area (Å²) < 4.78 is 0. The number of carboxylic acids is 1. The van der Waals surface area contributed by atoms with Gasteiger partial charge in [-0.15, -0.1) is 0 Å². The second-order valence-electron chi connectivity index (χ2n) is 5.95. The standard InChI is InChI=1S/C17H20N4O2/c1-10-6-8-11(9-7-10)15-20-14(17(22)23)13(18)16(21-15)19-12-4-2-3-5-12/h6-9,12H,2-5,18H2,1H3,(H,22,23)(H,19,20,21). The van der Waals surface area contributed by atoms with Gasteiger partial charge in [0.1, 0.15) is 5.69 Å². The summed E-state index contributed by atoms with van der Waals surface area (Å²) in [6, 6.07) is 7.94. The van der Waals surface area contributed by atoms with Gasteiger partial charge < -0.3 is 16.2 Å². The first kappa shape index (κ1) is 15.3. The second kappa shape index (κ2) is 6.24. The van der Waals surface area contributed by atoms with Gasteiger partial charge in [0.05, 0.1) is 0 Å². The molecule has 0 atom stereocenters. The average Bonchev–Trinajstić information content (AvgIpc) is 3.03. The summed E-state index contributed by atoms with van der Waals surface area (Å²) in [6.45, 7) is 1.99. The van der Waals surface area contributed by atoms with Crippen LogP contribution in [-0.4, -0.2) is 27.1 Å². The molecule has 1 aliphatic rings. The molecule has 2 aromatic rings. The number of aryl methyl sites for hydroxylation is 1. The van der Waals surface area contributed by atoms with Crippen LogP contribution in [0.15, 0.2) is 24.3 Å². The van der Waals surface area contributed by atoms with Crippen LogP contribution in [0.1, 0.15) is 41.7 Å². The normalized spacial score (nSPS) is 14.8. The minimum absolute atomic E-state index is 0.0975. The van der Waals surface area contributed by atoms with Gasteiger partial charge in [-0.3, -0.25) is 0 Å². The highest BCUT2D eigenvalue weighted by Gasteiger charge is 2.21. The third kappa shape index (κ3) is 3.26. The van der Waals surface area contributed by atoms with E-state index in [1.54, 1.807) is 0 Å². The number of nitrogen functional groups attached to an aromatic ring is 1. The Balaban J connectivity index is 2.03. The Hall–Kier alpha value is -2.63. The number of hydrogen-bond donors (Lipinski definition) is 3. The largest absolute Gasteiger partial charge is 0.476 e. The van der Waals surface area contributed by atoms with E-state index in [4.69, 9.17) is 5.73 Å². The molecule has 0 radical (unpaired) electrons. The van der Waals surface area contributed by atoms with Gasteiger partial charge in [0, 0.05) is 11.6 Å². The van der Waals surface area contributed by atoms with Crippen molar-refractivity contribution in [3.05, 3.63) is 35.5 Å². The predicted octanol–water partition coefficient (Wildman–Crippen LogP) is 3.09. The molecule has 3 rings (SSSR count). The topological polar surface area (TPSA) is 101 Å². The molecule has 1 aliphatic carbocycles. The minimum atomic E-state index is -1.15. The van der Waals surface area contributed by atoms with Gasteiger partial charge >= 0.3 is 5.97 Å². The van der Waals surface area contributed by atoms with Crippen molar-refractivity contribution in [2.24, 2.45) is 0 Å². The first-order chi connectivity index (χ1) is 11.0. The van der Waals surface area contributed by atoms with E-state index in [2.05, 4.69) is 15.3 Å². The highest BCUT2D eigenvalue weighted by molar-refractivity contribution is 5.95. The van der Waals surface area contributed by atoms with E-state index >= 15 is 0 Å². The molecule has 0 unspecified atom stereocenters. The summed E-state index contributed by atoms with van der Waals surface area (Å²) in [5.74, 6) is -0.357. The van der Waals surface area contributed by atoms with Crippen LogP contribution in [0.2, 0.25) is 0 Å². The Morgan fingerprint density at radius 1 is 1.22 bits per heavy atom. The number of nitrogens with one attached hydrogen (secondary N) is 1. The zero-order valence-electron chi connectivity index (χ0n) is 13.0. The Bertz CT molecular complexity index is 722. The Kier molecular flexibility index (Phi) is 4.14. The lowest BCUT2D eigenvalue weighted by Crippen LogP contribution is -2.19. The van der Waals surface area contributed by atoms with Crippen molar-refractivity contribution in [1.29, 1.82) is 0 Å². The molecule has 0 bridgehead atoms. The van der Waals surface area contributed by atoms with E-state index in [1.165, 1.54) is 12.8 Å². The van der Waals surface area contributed by atoms with Gasteiger partial charge in [-0.2, -0.15) is 0 Å². The fourth-order valence-electron chi connectivity index (χ4n) is 2.84. The van der Waals surface area contributed by atoms with Crippen LogP contribution in [0.5, 0.6) is 0 Å². The van der Waals surface area contributed by atoms with Gasteiger partial charge in [-0.1, -0.05) is 42.7 Å². The molecule has 120 valence electrons. The number of rotatable bonds is 4. The lowest BCUT2D eigenvalue weighted by molar-refractivity contribution is 0.0691. The number of nitrogens with two attached hydrogens (primary N) is 1. The first-order valence-corrected chi connectivity index (χ1v) is 7.79. The van der Waals surface area contributed by atoms with Crippen molar-refractivity contribution in [2.45, 2.75) is 38.6 Å². The van der Waals surface area contributed by atoms with Gasteiger partial charge in [-0.05, 0) is 19.8 Å². The Morgan fingerprint density at radius 2 is 1.87 bits per heavy atom. The van der Waals surface area contributed by atoms with Gasteiger partial charge in [0.2, 0.25) is 0 Å². The number of hydrogen-bond acceptors (Lipinski definition) is 5. The average molecular weight is 312 g/mol. The monoisotopic (exact) mass is 312 g/mol. The third-order valence-electron chi connectivity index (χ3n) is 4.15. The molecule has 23 heavy (non-hydrogen) atoms. The second-order valence-corrected chi connectivity index (χ2v) is 5.95. The van der Waals surface area contributed by atoms with Crippen molar-refractivity contribution in [3.8, 4) is 11.4 Å². The van der Waals surface area contributed by atoms with E-state index in [0.717, 1.165) is 24.0 Å². The Morgan fingerprint density at radius 3 is 2.48 bits per heavy atom. The number of carbonyl (C=O) groups is 1. The molecular weight excluding hydrogens is 292 g/mol. The quantitative estimate of drug-likeness (QED) is 0.802. The van der Waals surface area contributed by atoms with E-state index in [0.29, 0.717) is 17.7 Å². The maximum atomic E-state index is 11.5. The number of aromatic carboxylic acids is 1. The van der Waals surface area contributed by atoms with Crippen molar-refractivity contribution in [2.75, 3.05) is 11.1 Å². The van der Waals surface area contributed by atoms with Crippen molar-refractivity contribution in [1.82, 2.24) is 9.97 Å². The fourth-order valence-corrected chi connectivity index (χ4v) is 2.84. The lowest BCUT2D eigenvalue weighted by Gasteiger charge is -2.16. The summed E-state index contributed by atoms with van der Waals surface area (Å²) in [6.07, 6.45) is 4.43. The fraction of sp³-hybridized carbons (Fsp3) is 0.353. The van der Waals surface area contributed by atoms with Crippen molar-refractivity contribution < 1.29 is 9.90 Å². The summed E-state index contributed by atoms with van der Waals surface area (Å²) in [5, 5.41) is 12.7. The third-order valence-corrected chi connectivity index (χ3v) is 4.15. The number of benzene rings is 1. The SMILES string of the molecule is Cc1ccc(-c2nc(NC3CCCC3)c(N)c(C(=O)O)n2)cc1. The molecule has 6 nitrogen and oxygen atoms in total. The number of nitrogens with zero attached hydrogens (tertiary/aromatic N) is 2. The lowest BCUT2D eigenvalue weighted by atomic mass is 10.1. The molecule has 0 amide bonds. The molecule has 1 heterocycles. The highest BCUT2D eigenvalue weighted by Crippen LogP contribution is 2.28. The number of aromatic nitrogens is 2. The van der Waals surface area contributed by atoms with Gasteiger partial charge in [-0.25, -0.2) is 14.8 Å². The zero-order valence-corrected chi connectivity index (χ0v) is 13.0. The van der Waals surface area contributed by atoms with Crippen LogP contribution in [0.25, 0.3) is 11.4 Å². The van der Waals surface area contributed by atoms with E-state index < -0.39 is 5.97 Å². The predicted molar refractivity (Wildman–Crippen MR) is 89.5 cm³/mol. The van der Waals surface area contributed by atoms with E-state index in [9.17, 15) is 9.90 Å².